The van der Waals surface area contributed by atoms with Gasteiger partial charge in [-0.15, -0.1) is 0 Å². The maximum atomic E-state index is 12.4. The average Bonchev–Trinajstić information content (AvgIpc) is 2.54. The molecule has 0 radical (unpaired) electrons. The molecule has 0 fully saturated rings. The zero-order chi connectivity index (χ0) is 15.2. The molecule has 0 aliphatic carbocycles. The number of carbonyl (C=O) groups excluding carboxylic acids is 1. The molecule has 21 heavy (non-hydrogen) atoms. The van der Waals surface area contributed by atoms with Crippen LogP contribution < -0.4 is 14.8 Å². The maximum Gasteiger partial charge on any atom is 0.255 e. The summed E-state index contributed by atoms with van der Waals surface area (Å²) in [6.07, 6.45) is 0. The Bertz CT molecular complexity index is 611. The molecule has 0 saturated carbocycles. The number of nitrogens with one attached hydrogen (secondary N) is 1. The third-order valence-corrected chi connectivity index (χ3v) is 3.30. The van der Waals surface area contributed by atoms with E-state index in [1.54, 1.807) is 25.3 Å². The fraction of sp³-hybridized carbons (Fsp3) is 0.235. The monoisotopic (exact) mass is 285 g/mol. The molecule has 1 amide bonds. The molecule has 0 aromatic heterocycles. The molecule has 110 valence electrons. The molecule has 4 nitrogen and oxygen atoms in total. The Kier molecular flexibility index (Phi) is 4.82. The van der Waals surface area contributed by atoms with E-state index >= 15 is 0 Å². The van der Waals surface area contributed by atoms with Crippen molar-refractivity contribution >= 4 is 5.91 Å². The molecule has 0 aliphatic rings. The first-order valence-corrected chi connectivity index (χ1v) is 6.73. The molecule has 0 unspecified atom stereocenters. The van der Waals surface area contributed by atoms with Gasteiger partial charge in [-0.1, -0.05) is 30.3 Å². The second-order valence-electron chi connectivity index (χ2n) is 4.67. The highest BCUT2D eigenvalue weighted by atomic mass is 16.5. The maximum absolute atomic E-state index is 12.4. The summed E-state index contributed by atoms with van der Waals surface area (Å²) in [5.74, 6) is 0.970. The number of rotatable bonds is 5. The van der Waals surface area contributed by atoms with Gasteiger partial charge in [0.2, 0.25) is 0 Å². The smallest absolute Gasteiger partial charge is 0.255 e. The standard InChI is InChI=1S/C17H19NO3/c1-12(13-7-5-4-6-8-13)18-17(19)15-10-9-14(20-2)11-16(15)21-3/h4-12H,1-3H3,(H,18,19)/t12-/m0/s1. The van der Waals surface area contributed by atoms with Gasteiger partial charge < -0.3 is 14.8 Å². The molecule has 1 N–H and O–H groups in total. The van der Waals surface area contributed by atoms with Crippen LogP contribution in [0.5, 0.6) is 11.5 Å². The normalized spacial score (nSPS) is 11.6. The highest BCUT2D eigenvalue weighted by molar-refractivity contribution is 5.97. The minimum Gasteiger partial charge on any atom is -0.497 e. The summed E-state index contributed by atoms with van der Waals surface area (Å²) in [5.41, 5.74) is 1.54. The number of benzene rings is 2. The SMILES string of the molecule is COc1ccc(C(=O)N[C@@H](C)c2ccccc2)c(OC)c1. The molecule has 2 rings (SSSR count). The molecular formula is C17H19NO3. The quantitative estimate of drug-likeness (QED) is 0.917. The summed E-state index contributed by atoms with van der Waals surface area (Å²) in [5, 5.41) is 2.96. The van der Waals surface area contributed by atoms with E-state index in [1.165, 1.54) is 7.11 Å². The van der Waals surface area contributed by atoms with Gasteiger partial charge in [0, 0.05) is 6.07 Å². The molecule has 0 heterocycles. The first-order chi connectivity index (χ1) is 10.2. The molecule has 0 spiro atoms. The first-order valence-electron chi connectivity index (χ1n) is 6.73. The van der Waals surface area contributed by atoms with E-state index < -0.39 is 0 Å². The van der Waals surface area contributed by atoms with E-state index in [-0.39, 0.29) is 11.9 Å². The topological polar surface area (TPSA) is 47.6 Å². The first kappa shape index (κ1) is 14.9. The van der Waals surface area contributed by atoms with Crippen LogP contribution in [0.2, 0.25) is 0 Å². The minimum atomic E-state index is -0.175. The summed E-state index contributed by atoms with van der Waals surface area (Å²) in [4.78, 5) is 12.4. The Balaban J connectivity index is 2.17. The zero-order valence-electron chi connectivity index (χ0n) is 12.4. The minimum absolute atomic E-state index is 0.0782. The lowest BCUT2D eigenvalue weighted by molar-refractivity contribution is 0.0937. The lowest BCUT2D eigenvalue weighted by Gasteiger charge is -2.16. The summed E-state index contributed by atoms with van der Waals surface area (Å²) in [7, 11) is 3.11. The number of hydrogen-bond acceptors (Lipinski definition) is 3. The Morgan fingerprint density at radius 2 is 1.76 bits per heavy atom. The molecule has 4 heteroatoms. The number of amides is 1. The van der Waals surface area contributed by atoms with Crippen LogP contribution in [0.3, 0.4) is 0 Å². The van der Waals surface area contributed by atoms with Gasteiger partial charge in [-0.05, 0) is 24.6 Å². The van der Waals surface area contributed by atoms with Crippen LogP contribution in [0.25, 0.3) is 0 Å². The predicted octanol–water partition coefficient (Wildman–Crippen LogP) is 3.19. The van der Waals surface area contributed by atoms with Gasteiger partial charge in [-0.2, -0.15) is 0 Å². The molecule has 0 aliphatic heterocycles. The van der Waals surface area contributed by atoms with Crippen molar-refractivity contribution in [1.82, 2.24) is 5.32 Å². The van der Waals surface area contributed by atoms with Crippen molar-refractivity contribution in [3.05, 3.63) is 59.7 Å². The molecule has 0 saturated heterocycles. The molecule has 2 aromatic rings. The lowest BCUT2D eigenvalue weighted by atomic mass is 10.1. The molecule has 2 aromatic carbocycles. The second-order valence-corrected chi connectivity index (χ2v) is 4.67. The Morgan fingerprint density at radius 3 is 2.38 bits per heavy atom. The van der Waals surface area contributed by atoms with Crippen LogP contribution in [0.15, 0.2) is 48.5 Å². The van der Waals surface area contributed by atoms with Gasteiger partial charge in [0.1, 0.15) is 11.5 Å². The largest absolute Gasteiger partial charge is 0.497 e. The fourth-order valence-electron chi connectivity index (χ4n) is 2.09. The van der Waals surface area contributed by atoms with E-state index in [9.17, 15) is 4.79 Å². The van der Waals surface area contributed by atoms with Crippen LogP contribution in [-0.2, 0) is 0 Å². The van der Waals surface area contributed by atoms with E-state index in [2.05, 4.69) is 5.32 Å². The molecule has 1 atom stereocenters. The third-order valence-electron chi connectivity index (χ3n) is 3.30. The van der Waals surface area contributed by atoms with Crippen molar-refractivity contribution in [3.8, 4) is 11.5 Å². The number of ether oxygens (including phenoxy) is 2. The van der Waals surface area contributed by atoms with Crippen molar-refractivity contribution in [1.29, 1.82) is 0 Å². The van der Waals surface area contributed by atoms with Crippen molar-refractivity contribution in [2.75, 3.05) is 14.2 Å². The number of carbonyl (C=O) groups is 1. The van der Waals surface area contributed by atoms with Crippen LogP contribution in [-0.4, -0.2) is 20.1 Å². The number of methoxy groups -OCH3 is 2. The van der Waals surface area contributed by atoms with Gasteiger partial charge >= 0.3 is 0 Å². The Hall–Kier alpha value is -2.49. The van der Waals surface area contributed by atoms with Crippen LogP contribution >= 0.6 is 0 Å². The van der Waals surface area contributed by atoms with Crippen molar-refractivity contribution in [2.24, 2.45) is 0 Å². The van der Waals surface area contributed by atoms with E-state index in [0.717, 1.165) is 5.56 Å². The second kappa shape index (κ2) is 6.79. The highest BCUT2D eigenvalue weighted by Crippen LogP contribution is 2.25. The zero-order valence-corrected chi connectivity index (χ0v) is 12.4. The van der Waals surface area contributed by atoms with Gasteiger partial charge in [0.25, 0.3) is 5.91 Å². The van der Waals surface area contributed by atoms with Crippen molar-refractivity contribution < 1.29 is 14.3 Å². The highest BCUT2D eigenvalue weighted by Gasteiger charge is 2.16. The van der Waals surface area contributed by atoms with E-state index in [0.29, 0.717) is 17.1 Å². The lowest BCUT2D eigenvalue weighted by Crippen LogP contribution is -2.27. The third kappa shape index (κ3) is 3.54. The van der Waals surface area contributed by atoms with Crippen LogP contribution in [0.1, 0.15) is 28.9 Å². The van der Waals surface area contributed by atoms with Crippen molar-refractivity contribution in [3.63, 3.8) is 0 Å². The van der Waals surface area contributed by atoms with E-state index in [1.807, 2.05) is 37.3 Å². The Morgan fingerprint density at radius 1 is 1.05 bits per heavy atom. The van der Waals surface area contributed by atoms with Gasteiger partial charge in [-0.25, -0.2) is 0 Å². The van der Waals surface area contributed by atoms with Crippen molar-refractivity contribution in [2.45, 2.75) is 13.0 Å². The summed E-state index contributed by atoms with van der Waals surface area (Å²) >= 11 is 0. The van der Waals surface area contributed by atoms with Gasteiger partial charge in [0.05, 0.1) is 25.8 Å². The van der Waals surface area contributed by atoms with Crippen LogP contribution in [0, 0.1) is 0 Å². The summed E-state index contributed by atoms with van der Waals surface area (Å²) < 4.78 is 10.4. The predicted molar refractivity (Wildman–Crippen MR) is 81.9 cm³/mol. The van der Waals surface area contributed by atoms with E-state index in [4.69, 9.17) is 9.47 Å². The summed E-state index contributed by atoms with van der Waals surface area (Å²) in [6.45, 7) is 1.95. The van der Waals surface area contributed by atoms with Crippen LogP contribution in [0.4, 0.5) is 0 Å². The van der Waals surface area contributed by atoms with Gasteiger partial charge in [-0.3, -0.25) is 4.79 Å². The molecule has 0 bridgehead atoms. The Labute approximate surface area is 124 Å². The number of hydrogen-bond donors (Lipinski definition) is 1. The van der Waals surface area contributed by atoms with Gasteiger partial charge in [0.15, 0.2) is 0 Å². The summed E-state index contributed by atoms with van der Waals surface area (Å²) in [6, 6.07) is 14.9. The average molecular weight is 285 g/mol. The molecular weight excluding hydrogens is 266 g/mol. The fourth-order valence-corrected chi connectivity index (χ4v) is 2.09.